The van der Waals surface area contributed by atoms with Gasteiger partial charge in [-0.15, -0.1) is 0 Å². The molecule has 1 unspecified atom stereocenters. The monoisotopic (exact) mass is 261 g/mol. The van der Waals surface area contributed by atoms with Crippen molar-refractivity contribution in [1.82, 2.24) is 0 Å². The standard InChI is InChI=1S/C16H23NO2/c1-3-18-15-11-10-14(12-16(15)19-4-2)17-13-8-6-5-7-9-13/h6,8,10-13,17H,3-5,7,9H2,1-2H3. The number of hydrogen-bond acceptors (Lipinski definition) is 3. The number of ether oxygens (including phenoxy) is 2. The molecule has 0 bridgehead atoms. The van der Waals surface area contributed by atoms with Crippen molar-refractivity contribution in [3.05, 3.63) is 30.4 Å². The lowest BCUT2D eigenvalue weighted by Crippen LogP contribution is -2.18. The zero-order chi connectivity index (χ0) is 13.5. The minimum absolute atomic E-state index is 0.432. The highest BCUT2D eigenvalue weighted by Gasteiger charge is 2.10. The molecule has 104 valence electrons. The third-order valence-electron chi connectivity index (χ3n) is 3.15. The van der Waals surface area contributed by atoms with Crippen molar-refractivity contribution < 1.29 is 9.47 Å². The molecular weight excluding hydrogens is 238 g/mol. The van der Waals surface area contributed by atoms with Crippen LogP contribution in [0.4, 0.5) is 5.69 Å². The minimum Gasteiger partial charge on any atom is -0.490 e. The number of benzene rings is 1. The van der Waals surface area contributed by atoms with E-state index in [0.717, 1.165) is 17.2 Å². The summed E-state index contributed by atoms with van der Waals surface area (Å²) >= 11 is 0. The molecule has 0 aliphatic heterocycles. The van der Waals surface area contributed by atoms with Gasteiger partial charge in [0.05, 0.1) is 13.2 Å². The van der Waals surface area contributed by atoms with Crippen molar-refractivity contribution in [3.8, 4) is 11.5 Å². The molecule has 2 rings (SSSR count). The van der Waals surface area contributed by atoms with E-state index >= 15 is 0 Å². The number of anilines is 1. The van der Waals surface area contributed by atoms with Gasteiger partial charge in [-0.25, -0.2) is 0 Å². The van der Waals surface area contributed by atoms with E-state index in [-0.39, 0.29) is 0 Å². The highest BCUT2D eigenvalue weighted by Crippen LogP contribution is 2.31. The van der Waals surface area contributed by atoms with E-state index < -0.39 is 0 Å². The molecule has 1 aliphatic carbocycles. The predicted molar refractivity (Wildman–Crippen MR) is 79.2 cm³/mol. The average molecular weight is 261 g/mol. The summed E-state index contributed by atoms with van der Waals surface area (Å²) in [5, 5.41) is 3.53. The van der Waals surface area contributed by atoms with Crippen LogP contribution < -0.4 is 14.8 Å². The van der Waals surface area contributed by atoms with Gasteiger partial charge in [-0.1, -0.05) is 12.2 Å². The van der Waals surface area contributed by atoms with E-state index in [1.54, 1.807) is 0 Å². The van der Waals surface area contributed by atoms with Crippen molar-refractivity contribution >= 4 is 5.69 Å². The van der Waals surface area contributed by atoms with Gasteiger partial charge in [0, 0.05) is 17.8 Å². The highest BCUT2D eigenvalue weighted by atomic mass is 16.5. The summed E-state index contributed by atoms with van der Waals surface area (Å²) in [6.07, 6.45) is 8.14. The quantitative estimate of drug-likeness (QED) is 0.785. The van der Waals surface area contributed by atoms with Crippen LogP contribution >= 0.6 is 0 Å². The second-order valence-electron chi connectivity index (χ2n) is 4.64. The largest absolute Gasteiger partial charge is 0.490 e. The fourth-order valence-corrected chi connectivity index (χ4v) is 2.29. The Morgan fingerprint density at radius 2 is 1.95 bits per heavy atom. The van der Waals surface area contributed by atoms with Crippen LogP contribution in [0.25, 0.3) is 0 Å². The molecule has 19 heavy (non-hydrogen) atoms. The summed E-state index contributed by atoms with van der Waals surface area (Å²) in [6, 6.07) is 6.48. The predicted octanol–water partition coefficient (Wildman–Crippen LogP) is 4.00. The summed E-state index contributed by atoms with van der Waals surface area (Å²) in [7, 11) is 0. The van der Waals surface area contributed by atoms with Crippen molar-refractivity contribution in [2.45, 2.75) is 39.2 Å². The van der Waals surface area contributed by atoms with E-state index in [2.05, 4.69) is 23.5 Å². The Hall–Kier alpha value is -1.64. The van der Waals surface area contributed by atoms with Crippen LogP contribution in [0.5, 0.6) is 11.5 Å². The minimum atomic E-state index is 0.432. The number of allylic oxidation sites excluding steroid dienone is 1. The molecule has 1 aromatic carbocycles. The molecule has 1 aromatic rings. The van der Waals surface area contributed by atoms with Crippen LogP contribution in [0, 0.1) is 0 Å². The summed E-state index contributed by atoms with van der Waals surface area (Å²) < 4.78 is 11.2. The van der Waals surface area contributed by atoms with E-state index in [1.807, 2.05) is 26.0 Å². The van der Waals surface area contributed by atoms with Gasteiger partial charge in [0.1, 0.15) is 0 Å². The van der Waals surface area contributed by atoms with Crippen molar-refractivity contribution in [1.29, 1.82) is 0 Å². The lowest BCUT2D eigenvalue weighted by Gasteiger charge is -2.20. The van der Waals surface area contributed by atoms with Crippen LogP contribution in [0.1, 0.15) is 33.1 Å². The molecule has 1 N–H and O–H groups in total. The smallest absolute Gasteiger partial charge is 0.163 e. The summed E-state index contributed by atoms with van der Waals surface area (Å²) in [5.41, 5.74) is 1.09. The first kappa shape index (κ1) is 13.8. The molecule has 0 amide bonds. The maximum atomic E-state index is 5.64. The SMILES string of the molecule is CCOc1ccc(NC2C=CCCC2)cc1OCC. The molecule has 0 heterocycles. The Kier molecular flexibility index (Phi) is 5.13. The molecule has 0 saturated carbocycles. The fraction of sp³-hybridized carbons (Fsp3) is 0.500. The molecular formula is C16H23NO2. The van der Waals surface area contributed by atoms with Crippen LogP contribution in [0.3, 0.4) is 0 Å². The Balaban J connectivity index is 2.10. The Labute approximate surface area is 115 Å². The maximum absolute atomic E-state index is 5.64. The van der Waals surface area contributed by atoms with Gasteiger partial charge < -0.3 is 14.8 Å². The van der Waals surface area contributed by atoms with Crippen molar-refractivity contribution in [2.24, 2.45) is 0 Å². The molecule has 0 radical (unpaired) electrons. The lowest BCUT2D eigenvalue weighted by atomic mass is 10.0. The maximum Gasteiger partial charge on any atom is 0.163 e. The lowest BCUT2D eigenvalue weighted by molar-refractivity contribution is 0.288. The van der Waals surface area contributed by atoms with Crippen LogP contribution in [0.15, 0.2) is 30.4 Å². The van der Waals surface area contributed by atoms with Gasteiger partial charge in [0.25, 0.3) is 0 Å². The normalized spacial score (nSPS) is 18.1. The molecule has 0 spiro atoms. The molecule has 1 aliphatic rings. The summed E-state index contributed by atoms with van der Waals surface area (Å²) in [5.74, 6) is 1.63. The molecule has 1 atom stereocenters. The van der Waals surface area contributed by atoms with Gasteiger partial charge in [0.2, 0.25) is 0 Å². The first-order chi connectivity index (χ1) is 9.33. The zero-order valence-electron chi connectivity index (χ0n) is 11.8. The summed E-state index contributed by atoms with van der Waals surface area (Å²) in [6.45, 7) is 5.26. The Bertz CT molecular complexity index is 429. The van der Waals surface area contributed by atoms with Crippen LogP contribution in [0.2, 0.25) is 0 Å². The van der Waals surface area contributed by atoms with Crippen LogP contribution in [-0.2, 0) is 0 Å². The second kappa shape index (κ2) is 7.07. The number of hydrogen-bond donors (Lipinski definition) is 1. The van der Waals surface area contributed by atoms with Crippen molar-refractivity contribution in [2.75, 3.05) is 18.5 Å². The summed E-state index contributed by atoms with van der Waals surface area (Å²) in [4.78, 5) is 0. The zero-order valence-corrected chi connectivity index (χ0v) is 11.8. The Morgan fingerprint density at radius 3 is 2.63 bits per heavy atom. The number of nitrogens with one attached hydrogen (secondary N) is 1. The second-order valence-corrected chi connectivity index (χ2v) is 4.64. The van der Waals surface area contributed by atoms with E-state index in [1.165, 1.54) is 19.3 Å². The molecule has 0 aromatic heterocycles. The Morgan fingerprint density at radius 1 is 1.16 bits per heavy atom. The molecule has 3 nitrogen and oxygen atoms in total. The first-order valence-corrected chi connectivity index (χ1v) is 7.16. The van der Waals surface area contributed by atoms with Crippen LogP contribution in [-0.4, -0.2) is 19.3 Å². The number of rotatable bonds is 6. The highest BCUT2D eigenvalue weighted by molar-refractivity contribution is 5.55. The molecule has 0 saturated heterocycles. The molecule has 3 heteroatoms. The van der Waals surface area contributed by atoms with Gasteiger partial charge in [0.15, 0.2) is 11.5 Å². The van der Waals surface area contributed by atoms with E-state index in [4.69, 9.17) is 9.47 Å². The van der Waals surface area contributed by atoms with Gasteiger partial charge >= 0.3 is 0 Å². The van der Waals surface area contributed by atoms with E-state index in [9.17, 15) is 0 Å². The van der Waals surface area contributed by atoms with Gasteiger partial charge in [-0.05, 0) is 45.2 Å². The molecule has 0 fully saturated rings. The van der Waals surface area contributed by atoms with Crippen molar-refractivity contribution in [3.63, 3.8) is 0 Å². The average Bonchev–Trinajstić information content (AvgIpc) is 2.43. The third-order valence-corrected chi connectivity index (χ3v) is 3.15. The first-order valence-electron chi connectivity index (χ1n) is 7.16. The topological polar surface area (TPSA) is 30.5 Å². The van der Waals surface area contributed by atoms with Gasteiger partial charge in [-0.2, -0.15) is 0 Å². The fourth-order valence-electron chi connectivity index (χ4n) is 2.29. The third kappa shape index (κ3) is 3.91. The van der Waals surface area contributed by atoms with Gasteiger partial charge in [-0.3, -0.25) is 0 Å². The van der Waals surface area contributed by atoms with E-state index in [0.29, 0.717) is 19.3 Å².